The van der Waals surface area contributed by atoms with Gasteiger partial charge in [0.2, 0.25) is 0 Å². The fraction of sp³-hybridized carbons (Fsp3) is 0.611. The van der Waals surface area contributed by atoms with Crippen molar-refractivity contribution in [1.82, 2.24) is 0 Å². The van der Waals surface area contributed by atoms with Crippen molar-refractivity contribution < 1.29 is 9.90 Å². The second-order valence-electron chi connectivity index (χ2n) is 6.32. The average molecular weight is 324 g/mol. The molecule has 2 rings (SSSR count). The van der Waals surface area contributed by atoms with E-state index >= 15 is 0 Å². The molecule has 1 aliphatic rings. The molecule has 0 radical (unpaired) electrons. The zero-order valence-electron chi connectivity index (χ0n) is 13.5. The molecular weight excluding hydrogens is 298 g/mol. The number of hydrogen-bond donors (Lipinski definition) is 1. The third-order valence-electron chi connectivity index (χ3n) is 4.75. The van der Waals surface area contributed by atoms with Crippen LogP contribution in [0.3, 0.4) is 0 Å². The van der Waals surface area contributed by atoms with E-state index in [-0.39, 0.29) is 0 Å². The summed E-state index contributed by atoms with van der Waals surface area (Å²) >= 11 is 6.13. The molecule has 1 fully saturated rings. The van der Waals surface area contributed by atoms with Crippen LogP contribution in [0.25, 0.3) is 0 Å². The molecule has 3 nitrogen and oxygen atoms in total. The largest absolute Gasteiger partial charge is 0.481 e. The van der Waals surface area contributed by atoms with Gasteiger partial charge in [-0.1, -0.05) is 17.7 Å². The molecule has 0 spiro atoms. The first-order valence-electron chi connectivity index (χ1n) is 8.19. The molecule has 1 aromatic carbocycles. The molecule has 0 amide bonds. The van der Waals surface area contributed by atoms with Gasteiger partial charge in [0.1, 0.15) is 0 Å². The van der Waals surface area contributed by atoms with Gasteiger partial charge in [-0.05, 0) is 57.1 Å². The average Bonchev–Trinajstić information content (AvgIpc) is 2.50. The lowest BCUT2D eigenvalue weighted by Gasteiger charge is -2.38. The van der Waals surface area contributed by atoms with Crippen LogP contribution in [-0.2, 0) is 10.7 Å². The van der Waals surface area contributed by atoms with Gasteiger partial charge in [0.05, 0.1) is 0 Å². The Morgan fingerprint density at radius 3 is 2.55 bits per heavy atom. The highest BCUT2D eigenvalue weighted by atomic mass is 35.5. The summed E-state index contributed by atoms with van der Waals surface area (Å²) in [4.78, 5) is 13.3. The highest BCUT2D eigenvalue weighted by Gasteiger charge is 2.27. The molecule has 0 aromatic heterocycles. The summed E-state index contributed by atoms with van der Waals surface area (Å²) in [6, 6.07) is 6.99. The second-order valence-corrected chi connectivity index (χ2v) is 6.59. The van der Waals surface area contributed by atoms with E-state index in [0.717, 1.165) is 32.2 Å². The fourth-order valence-corrected chi connectivity index (χ4v) is 3.85. The topological polar surface area (TPSA) is 40.5 Å². The van der Waals surface area contributed by atoms with Gasteiger partial charge in [-0.25, -0.2) is 0 Å². The van der Waals surface area contributed by atoms with Crippen molar-refractivity contribution in [3.05, 3.63) is 29.3 Å². The SMILES string of the molecule is CCN(c1ccc(C)cc1CCl)C1CCC(CC(=O)O)CC1. The minimum Gasteiger partial charge on any atom is -0.481 e. The Morgan fingerprint density at radius 2 is 2.00 bits per heavy atom. The van der Waals surface area contributed by atoms with Crippen LogP contribution >= 0.6 is 11.6 Å². The number of anilines is 1. The van der Waals surface area contributed by atoms with Crippen LogP contribution in [-0.4, -0.2) is 23.7 Å². The number of aliphatic carboxylic acids is 1. The van der Waals surface area contributed by atoms with E-state index in [1.807, 2.05) is 0 Å². The number of halogens is 1. The third kappa shape index (κ3) is 4.16. The van der Waals surface area contributed by atoms with Crippen molar-refractivity contribution in [2.24, 2.45) is 5.92 Å². The van der Waals surface area contributed by atoms with Gasteiger partial charge in [0, 0.05) is 30.6 Å². The van der Waals surface area contributed by atoms with Crippen molar-refractivity contribution in [1.29, 1.82) is 0 Å². The van der Waals surface area contributed by atoms with E-state index in [0.29, 0.717) is 24.3 Å². The zero-order chi connectivity index (χ0) is 16.1. The van der Waals surface area contributed by atoms with E-state index in [1.54, 1.807) is 0 Å². The summed E-state index contributed by atoms with van der Waals surface area (Å²) in [5, 5.41) is 8.93. The number of carboxylic acid groups (broad SMARTS) is 1. The van der Waals surface area contributed by atoms with Crippen LogP contribution in [0.15, 0.2) is 18.2 Å². The molecule has 4 heteroatoms. The summed E-state index contributed by atoms with van der Waals surface area (Å²) in [6.45, 7) is 5.23. The first kappa shape index (κ1) is 17.1. The summed E-state index contributed by atoms with van der Waals surface area (Å²) in [6.07, 6.45) is 4.48. The molecule has 1 N–H and O–H groups in total. The maximum atomic E-state index is 10.9. The second kappa shape index (κ2) is 7.87. The Hall–Kier alpha value is -1.22. The minimum absolute atomic E-state index is 0.316. The van der Waals surface area contributed by atoms with E-state index in [1.165, 1.54) is 16.8 Å². The number of alkyl halides is 1. The van der Waals surface area contributed by atoms with Crippen LogP contribution in [0.4, 0.5) is 5.69 Å². The fourth-order valence-electron chi connectivity index (χ4n) is 3.63. The normalized spacial score (nSPS) is 21.6. The van der Waals surface area contributed by atoms with Crippen LogP contribution in [0.2, 0.25) is 0 Å². The van der Waals surface area contributed by atoms with Crippen LogP contribution in [0.1, 0.15) is 50.2 Å². The van der Waals surface area contributed by atoms with Crippen molar-refractivity contribution in [3.63, 3.8) is 0 Å². The van der Waals surface area contributed by atoms with E-state index in [9.17, 15) is 4.79 Å². The van der Waals surface area contributed by atoms with Gasteiger partial charge in [-0.2, -0.15) is 0 Å². The molecule has 1 aromatic rings. The molecule has 1 aliphatic carbocycles. The Balaban J connectivity index is 2.08. The van der Waals surface area contributed by atoms with E-state index in [4.69, 9.17) is 16.7 Å². The van der Waals surface area contributed by atoms with Crippen LogP contribution in [0, 0.1) is 12.8 Å². The number of hydrogen-bond acceptors (Lipinski definition) is 2. The highest BCUT2D eigenvalue weighted by molar-refractivity contribution is 6.17. The lowest BCUT2D eigenvalue weighted by atomic mass is 9.83. The summed E-state index contributed by atoms with van der Waals surface area (Å²) in [5.41, 5.74) is 3.67. The molecule has 1 saturated carbocycles. The number of carboxylic acids is 1. The van der Waals surface area contributed by atoms with Crippen LogP contribution in [0.5, 0.6) is 0 Å². The maximum Gasteiger partial charge on any atom is 0.303 e. The van der Waals surface area contributed by atoms with Crippen LogP contribution < -0.4 is 4.90 Å². The summed E-state index contributed by atoms with van der Waals surface area (Å²) in [7, 11) is 0. The van der Waals surface area contributed by atoms with Crippen molar-refractivity contribution in [3.8, 4) is 0 Å². The maximum absolute atomic E-state index is 10.9. The Bertz CT molecular complexity index is 510. The van der Waals surface area contributed by atoms with Gasteiger partial charge >= 0.3 is 5.97 Å². The standard InChI is InChI=1S/C18H26ClNO2/c1-3-20(17-9-4-13(2)10-15(17)12-19)16-7-5-14(6-8-16)11-18(21)22/h4,9-10,14,16H,3,5-8,11-12H2,1-2H3,(H,21,22). The van der Waals surface area contributed by atoms with E-state index < -0.39 is 5.97 Å². The third-order valence-corrected chi connectivity index (χ3v) is 5.04. The Kier molecular flexibility index (Phi) is 6.13. The van der Waals surface area contributed by atoms with Gasteiger partial charge in [-0.15, -0.1) is 11.6 Å². The van der Waals surface area contributed by atoms with Gasteiger partial charge in [0.15, 0.2) is 0 Å². The number of nitrogens with zero attached hydrogens (tertiary/aromatic N) is 1. The Morgan fingerprint density at radius 1 is 1.32 bits per heavy atom. The number of benzene rings is 1. The van der Waals surface area contributed by atoms with Gasteiger partial charge < -0.3 is 10.0 Å². The van der Waals surface area contributed by atoms with Crippen molar-refractivity contribution in [2.75, 3.05) is 11.4 Å². The van der Waals surface area contributed by atoms with Crippen molar-refractivity contribution in [2.45, 2.75) is 57.9 Å². The molecule has 0 bridgehead atoms. The predicted octanol–water partition coefficient (Wildman–Crippen LogP) is 4.59. The number of rotatable bonds is 6. The van der Waals surface area contributed by atoms with Gasteiger partial charge in [0.25, 0.3) is 0 Å². The number of aryl methyl sites for hydroxylation is 1. The first-order chi connectivity index (χ1) is 10.5. The summed E-state index contributed by atoms with van der Waals surface area (Å²) in [5.74, 6) is 0.207. The molecule has 0 aliphatic heterocycles. The lowest BCUT2D eigenvalue weighted by Crippen LogP contribution is -2.39. The lowest BCUT2D eigenvalue weighted by molar-refractivity contribution is -0.138. The monoisotopic (exact) mass is 323 g/mol. The first-order valence-corrected chi connectivity index (χ1v) is 8.72. The Labute approximate surface area is 138 Å². The molecule has 22 heavy (non-hydrogen) atoms. The predicted molar refractivity (Wildman–Crippen MR) is 91.8 cm³/mol. The zero-order valence-corrected chi connectivity index (χ0v) is 14.3. The molecular formula is C18H26ClNO2. The molecule has 0 saturated heterocycles. The summed E-state index contributed by atoms with van der Waals surface area (Å²) < 4.78 is 0. The smallest absolute Gasteiger partial charge is 0.303 e. The van der Waals surface area contributed by atoms with Gasteiger partial charge in [-0.3, -0.25) is 4.79 Å². The molecule has 0 unspecified atom stereocenters. The highest BCUT2D eigenvalue weighted by Crippen LogP contribution is 2.34. The quantitative estimate of drug-likeness (QED) is 0.778. The molecule has 0 atom stereocenters. The minimum atomic E-state index is -0.668. The van der Waals surface area contributed by atoms with Crippen molar-refractivity contribution >= 4 is 23.3 Å². The number of carbonyl (C=O) groups is 1. The molecule has 0 heterocycles. The van der Waals surface area contributed by atoms with E-state index in [2.05, 4.69) is 36.9 Å². The molecule has 122 valence electrons.